The van der Waals surface area contributed by atoms with Crippen LogP contribution in [0.1, 0.15) is 23.4 Å². The Bertz CT molecular complexity index is 835. The van der Waals surface area contributed by atoms with E-state index < -0.39 is 5.54 Å². The smallest absolute Gasteiger partial charge is 0.328 e. The summed E-state index contributed by atoms with van der Waals surface area (Å²) in [5.74, 6) is -0.0793. The normalized spacial score (nSPS) is 19.5. The van der Waals surface area contributed by atoms with Gasteiger partial charge in [-0.1, -0.05) is 30.3 Å². The largest absolute Gasteiger partial charge is 0.383 e. The first kappa shape index (κ1) is 20.0. The maximum atomic E-state index is 13.4. The Morgan fingerprint density at radius 3 is 2.55 bits per heavy atom. The molecule has 1 spiro atoms. The molecule has 3 amide bonds. The first-order valence-corrected chi connectivity index (χ1v) is 10.8. The van der Waals surface area contributed by atoms with E-state index in [1.54, 1.807) is 23.3 Å². The topological polar surface area (TPSA) is 66.0 Å². The van der Waals surface area contributed by atoms with Crippen molar-refractivity contribution in [2.45, 2.75) is 31.5 Å². The number of imide groups is 1. The molecular formula is C21H26N4O3S. The van der Waals surface area contributed by atoms with Crippen LogP contribution in [0, 0.1) is 0 Å². The van der Waals surface area contributed by atoms with Crippen molar-refractivity contribution in [3.8, 4) is 0 Å². The van der Waals surface area contributed by atoms with Gasteiger partial charge < -0.3 is 9.64 Å². The number of urea groups is 1. The Kier molecular flexibility index (Phi) is 5.94. The summed E-state index contributed by atoms with van der Waals surface area (Å²) in [5, 5.41) is 3.06. The number of aromatic nitrogens is 1. The van der Waals surface area contributed by atoms with Crippen molar-refractivity contribution in [1.82, 2.24) is 19.7 Å². The van der Waals surface area contributed by atoms with Crippen LogP contribution in [-0.4, -0.2) is 70.5 Å². The summed E-state index contributed by atoms with van der Waals surface area (Å²) >= 11 is 1.65. The number of rotatable bonds is 7. The van der Waals surface area contributed by atoms with Gasteiger partial charge in [-0.3, -0.25) is 14.6 Å². The lowest BCUT2D eigenvalue weighted by Crippen LogP contribution is -2.56. The van der Waals surface area contributed by atoms with Crippen molar-refractivity contribution in [1.29, 1.82) is 0 Å². The van der Waals surface area contributed by atoms with E-state index in [4.69, 9.17) is 4.74 Å². The molecule has 2 fully saturated rings. The summed E-state index contributed by atoms with van der Waals surface area (Å²) in [6, 6.07) is 9.68. The van der Waals surface area contributed by atoms with Crippen molar-refractivity contribution in [3.05, 3.63) is 52.5 Å². The molecule has 2 aliphatic heterocycles. The van der Waals surface area contributed by atoms with E-state index in [2.05, 4.69) is 9.88 Å². The Hall–Kier alpha value is -2.29. The van der Waals surface area contributed by atoms with Gasteiger partial charge in [0.25, 0.3) is 5.91 Å². The maximum Gasteiger partial charge on any atom is 0.328 e. The van der Waals surface area contributed by atoms with Crippen LogP contribution in [0.3, 0.4) is 0 Å². The monoisotopic (exact) mass is 414 g/mol. The number of hydrogen-bond donors (Lipinski definition) is 0. The number of hydrogen-bond acceptors (Lipinski definition) is 6. The zero-order valence-electron chi connectivity index (χ0n) is 16.6. The number of piperidine rings is 1. The molecule has 0 bridgehead atoms. The minimum atomic E-state index is -0.764. The number of amides is 3. The third-order valence-corrected chi connectivity index (χ3v) is 6.61. The summed E-state index contributed by atoms with van der Waals surface area (Å²) in [6.07, 6.45) is 3.10. The summed E-state index contributed by atoms with van der Waals surface area (Å²) < 4.78 is 5.13. The molecule has 0 radical (unpaired) electrons. The molecule has 0 saturated carbocycles. The average molecular weight is 415 g/mol. The van der Waals surface area contributed by atoms with Gasteiger partial charge in [-0.15, -0.1) is 11.3 Å². The van der Waals surface area contributed by atoms with Crippen LogP contribution in [-0.2, 0) is 22.6 Å². The fourth-order valence-corrected chi connectivity index (χ4v) is 4.89. The second kappa shape index (κ2) is 8.61. The maximum absolute atomic E-state index is 13.4. The van der Waals surface area contributed by atoms with Gasteiger partial charge in [0.1, 0.15) is 10.5 Å². The summed E-state index contributed by atoms with van der Waals surface area (Å²) in [6.45, 7) is 3.42. The van der Waals surface area contributed by atoms with E-state index in [0.717, 1.165) is 30.2 Å². The second-order valence-corrected chi connectivity index (χ2v) is 8.52. The molecule has 0 aliphatic carbocycles. The van der Waals surface area contributed by atoms with E-state index in [9.17, 15) is 9.59 Å². The highest BCUT2D eigenvalue weighted by Gasteiger charge is 2.57. The molecule has 2 aliphatic rings. The SMILES string of the molecule is COCCN1C(=O)N(Cc2ccccc2)C2(CCN(Cc3nccs3)CC2)C1=O. The molecule has 1 aromatic heterocycles. The molecule has 2 aromatic rings. The van der Waals surface area contributed by atoms with Gasteiger partial charge in [0.2, 0.25) is 0 Å². The number of methoxy groups -OCH3 is 1. The molecular weight excluding hydrogens is 388 g/mol. The van der Waals surface area contributed by atoms with E-state index in [-0.39, 0.29) is 11.9 Å². The predicted octanol–water partition coefficient (Wildman–Crippen LogP) is 2.59. The van der Waals surface area contributed by atoms with Crippen molar-refractivity contribution in [2.75, 3.05) is 33.4 Å². The zero-order valence-corrected chi connectivity index (χ0v) is 17.4. The van der Waals surface area contributed by atoms with Crippen molar-refractivity contribution in [2.24, 2.45) is 0 Å². The number of ether oxygens (including phenoxy) is 1. The van der Waals surface area contributed by atoms with Gasteiger partial charge in [-0.25, -0.2) is 9.78 Å². The van der Waals surface area contributed by atoms with Crippen LogP contribution in [0.5, 0.6) is 0 Å². The average Bonchev–Trinajstić information content (AvgIpc) is 3.32. The Morgan fingerprint density at radius 1 is 1.14 bits per heavy atom. The van der Waals surface area contributed by atoms with Crippen LogP contribution >= 0.6 is 11.3 Å². The molecule has 8 heteroatoms. The zero-order chi connectivity index (χ0) is 20.3. The Balaban J connectivity index is 1.54. The molecule has 0 unspecified atom stereocenters. The molecule has 0 N–H and O–H groups in total. The summed E-state index contributed by atoms with van der Waals surface area (Å²) in [7, 11) is 1.58. The second-order valence-electron chi connectivity index (χ2n) is 7.54. The third kappa shape index (κ3) is 3.92. The van der Waals surface area contributed by atoms with E-state index in [1.165, 1.54) is 4.90 Å². The van der Waals surface area contributed by atoms with E-state index in [1.807, 2.05) is 41.9 Å². The quantitative estimate of drug-likeness (QED) is 0.652. The Labute approximate surface area is 174 Å². The highest BCUT2D eigenvalue weighted by atomic mass is 32.1. The fourth-order valence-electron chi connectivity index (χ4n) is 4.23. The van der Waals surface area contributed by atoms with Crippen molar-refractivity contribution < 1.29 is 14.3 Å². The van der Waals surface area contributed by atoms with Crippen LogP contribution in [0.25, 0.3) is 0 Å². The number of carbonyl (C=O) groups is 2. The van der Waals surface area contributed by atoms with Crippen LogP contribution in [0.2, 0.25) is 0 Å². The molecule has 1 aromatic carbocycles. The van der Waals surface area contributed by atoms with Crippen LogP contribution < -0.4 is 0 Å². The summed E-state index contributed by atoms with van der Waals surface area (Å²) in [4.78, 5) is 36.4. The van der Waals surface area contributed by atoms with Gasteiger partial charge in [0, 0.05) is 38.3 Å². The standard InChI is InChI=1S/C21H26N4O3S/c1-28-13-12-24-19(26)21(25(20(24)27)15-17-5-3-2-4-6-17)7-10-23(11-8-21)16-18-22-9-14-29-18/h2-6,9,14H,7-8,10-13,15-16H2,1H3. The lowest BCUT2D eigenvalue weighted by Gasteiger charge is -2.42. The van der Waals surface area contributed by atoms with Crippen molar-refractivity contribution >= 4 is 23.3 Å². The summed E-state index contributed by atoms with van der Waals surface area (Å²) in [5.41, 5.74) is 0.270. The van der Waals surface area contributed by atoms with Gasteiger partial charge in [-0.2, -0.15) is 0 Å². The third-order valence-electron chi connectivity index (χ3n) is 5.85. The number of carbonyl (C=O) groups excluding carboxylic acids is 2. The number of benzene rings is 1. The lowest BCUT2D eigenvalue weighted by atomic mass is 9.85. The van der Waals surface area contributed by atoms with E-state index >= 15 is 0 Å². The first-order chi connectivity index (χ1) is 14.1. The highest BCUT2D eigenvalue weighted by molar-refractivity contribution is 7.09. The molecule has 29 heavy (non-hydrogen) atoms. The van der Waals surface area contributed by atoms with Crippen molar-refractivity contribution in [3.63, 3.8) is 0 Å². The van der Waals surface area contributed by atoms with Gasteiger partial charge in [0.15, 0.2) is 0 Å². The fraction of sp³-hybridized carbons (Fsp3) is 0.476. The molecule has 7 nitrogen and oxygen atoms in total. The molecule has 2 saturated heterocycles. The molecule has 0 atom stereocenters. The molecule has 4 rings (SSSR count). The van der Waals surface area contributed by atoms with Gasteiger partial charge in [0.05, 0.1) is 19.7 Å². The number of likely N-dealkylation sites (tertiary alicyclic amines) is 1. The minimum Gasteiger partial charge on any atom is -0.383 e. The highest BCUT2D eigenvalue weighted by Crippen LogP contribution is 2.38. The van der Waals surface area contributed by atoms with E-state index in [0.29, 0.717) is 32.5 Å². The molecule has 3 heterocycles. The minimum absolute atomic E-state index is 0.0793. The predicted molar refractivity (Wildman–Crippen MR) is 110 cm³/mol. The lowest BCUT2D eigenvalue weighted by molar-refractivity contribution is -0.136. The Morgan fingerprint density at radius 2 is 1.90 bits per heavy atom. The molecule has 154 valence electrons. The van der Waals surface area contributed by atoms with Crippen LogP contribution in [0.4, 0.5) is 4.79 Å². The number of thiazole rings is 1. The van der Waals surface area contributed by atoms with Gasteiger partial charge >= 0.3 is 6.03 Å². The number of nitrogens with zero attached hydrogens (tertiary/aromatic N) is 4. The van der Waals surface area contributed by atoms with Crippen LogP contribution in [0.15, 0.2) is 41.9 Å². The first-order valence-electron chi connectivity index (χ1n) is 9.91. The van der Waals surface area contributed by atoms with Gasteiger partial charge in [-0.05, 0) is 18.4 Å².